The molecule has 1 aromatic rings. The lowest BCUT2D eigenvalue weighted by atomic mass is 10.3. The van der Waals surface area contributed by atoms with Gasteiger partial charge in [-0.15, -0.1) is 0 Å². The molecule has 0 bridgehead atoms. The van der Waals surface area contributed by atoms with Crippen molar-refractivity contribution < 1.29 is 17.9 Å². The van der Waals surface area contributed by atoms with Gasteiger partial charge in [0.05, 0.1) is 12.3 Å². The number of thioether (sulfide) groups is 1. The van der Waals surface area contributed by atoms with Crippen LogP contribution in [-0.2, 0) is 0 Å². The maximum Gasteiger partial charge on any atom is 0.441 e. The first-order valence-electron chi connectivity index (χ1n) is 4.27. The molecule has 0 amide bonds. The summed E-state index contributed by atoms with van der Waals surface area (Å²) >= 11 is 5.52. The van der Waals surface area contributed by atoms with Gasteiger partial charge in [-0.25, -0.2) is 0 Å². The molecule has 2 nitrogen and oxygen atoms in total. The molecule has 0 fully saturated rings. The van der Waals surface area contributed by atoms with E-state index in [0.29, 0.717) is 16.5 Å². The van der Waals surface area contributed by atoms with Crippen LogP contribution >= 0.6 is 23.4 Å². The van der Waals surface area contributed by atoms with Gasteiger partial charge in [-0.1, -0.05) is 11.6 Å². The van der Waals surface area contributed by atoms with Crippen LogP contribution in [0.25, 0.3) is 0 Å². The molecule has 90 valence electrons. The Morgan fingerprint density at radius 1 is 1.38 bits per heavy atom. The lowest BCUT2D eigenvalue weighted by molar-refractivity contribution is -0.0329. The number of hydrogen-bond donors (Lipinski definition) is 1. The lowest BCUT2D eigenvalue weighted by Gasteiger charge is -2.09. The Morgan fingerprint density at radius 3 is 2.62 bits per heavy atom. The Hall–Kier alpha value is -0.750. The van der Waals surface area contributed by atoms with Gasteiger partial charge in [0.1, 0.15) is 5.75 Å². The predicted octanol–water partition coefficient (Wildman–Crippen LogP) is 3.55. The van der Waals surface area contributed by atoms with Gasteiger partial charge < -0.3 is 10.5 Å². The molecule has 1 aromatic carbocycles. The van der Waals surface area contributed by atoms with E-state index in [1.807, 2.05) is 0 Å². The number of halogens is 4. The van der Waals surface area contributed by atoms with E-state index in [-0.39, 0.29) is 24.1 Å². The molecule has 0 saturated carbocycles. The van der Waals surface area contributed by atoms with E-state index in [9.17, 15) is 13.2 Å². The van der Waals surface area contributed by atoms with Gasteiger partial charge >= 0.3 is 5.51 Å². The third kappa shape index (κ3) is 4.85. The summed E-state index contributed by atoms with van der Waals surface area (Å²) in [6.07, 6.45) is 0. The topological polar surface area (TPSA) is 35.2 Å². The third-order valence-corrected chi connectivity index (χ3v) is 2.51. The number of rotatable bonds is 4. The van der Waals surface area contributed by atoms with Crippen molar-refractivity contribution >= 4 is 29.1 Å². The molecule has 0 aliphatic rings. The van der Waals surface area contributed by atoms with Crippen molar-refractivity contribution in [2.24, 2.45) is 0 Å². The summed E-state index contributed by atoms with van der Waals surface area (Å²) in [6.45, 7) is -0.0595. The second kappa shape index (κ2) is 5.54. The van der Waals surface area contributed by atoms with Crippen LogP contribution in [0.5, 0.6) is 5.75 Å². The predicted molar refractivity (Wildman–Crippen MR) is 59.9 cm³/mol. The molecule has 0 aliphatic carbocycles. The van der Waals surface area contributed by atoms with Crippen molar-refractivity contribution in [2.75, 3.05) is 18.1 Å². The molecular formula is C9H9ClF3NOS. The SMILES string of the molecule is Nc1cc(Cl)ccc1OCCSC(F)(F)F. The number of nitrogen functional groups attached to an aromatic ring is 1. The molecule has 16 heavy (non-hydrogen) atoms. The fourth-order valence-corrected chi connectivity index (χ4v) is 1.54. The maximum atomic E-state index is 11.8. The first-order chi connectivity index (χ1) is 7.38. The van der Waals surface area contributed by atoms with Crippen LogP contribution < -0.4 is 10.5 Å². The molecule has 2 N–H and O–H groups in total. The third-order valence-electron chi connectivity index (χ3n) is 1.58. The van der Waals surface area contributed by atoms with Crippen LogP contribution in [0, 0.1) is 0 Å². The largest absolute Gasteiger partial charge is 0.491 e. The highest BCUT2D eigenvalue weighted by atomic mass is 35.5. The molecule has 0 aliphatic heterocycles. The summed E-state index contributed by atoms with van der Waals surface area (Å²) < 4.78 is 40.4. The minimum Gasteiger partial charge on any atom is -0.491 e. The van der Waals surface area contributed by atoms with E-state index in [0.717, 1.165) is 0 Å². The molecule has 0 spiro atoms. The molecule has 0 radical (unpaired) electrons. The highest BCUT2D eigenvalue weighted by Gasteiger charge is 2.27. The van der Waals surface area contributed by atoms with Crippen molar-refractivity contribution in [3.63, 3.8) is 0 Å². The number of ether oxygens (including phenoxy) is 1. The molecule has 0 saturated heterocycles. The van der Waals surface area contributed by atoms with E-state index in [2.05, 4.69) is 0 Å². The molecule has 7 heteroatoms. The van der Waals surface area contributed by atoms with Crippen LogP contribution in [-0.4, -0.2) is 17.9 Å². The molecule has 0 atom stereocenters. The Balaban J connectivity index is 2.38. The van der Waals surface area contributed by atoms with Gasteiger partial charge in [0.25, 0.3) is 0 Å². The molecule has 1 rings (SSSR count). The number of anilines is 1. The molecule has 0 heterocycles. The second-order valence-electron chi connectivity index (χ2n) is 2.82. The Morgan fingerprint density at radius 2 is 2.06 bits per heavy atom. The lowest BCUT2D eigenvalue weighted by Crippen LogP contribution is -2.08. The normalized spacial score (nSPS) is 11.5. The molecule has 0 unspecified atom stereocenters. The molecule has 0 aromatic heterocycles. The number of benzene rings is 1. The fourth-order valence-electron chi connectivity index (χ4n) is 0.960. The van der Waals surface area contributed by atoms with Crippen molar-refractivity contribution in [3.05, 3.63) is 23.2 Å². The van der Waals surface area contributed by atoms with Crippen molar-refractivity contribution in [2.45, 2.75) is 5.51 Å². The van der Waals surface area contributed by atoms with Crippen LogP contribution in [0.4, 0.5) is 18.9 Å². The fraction of sp³-hybridized carbons (Fsp3) is 0.333. The standard InChI is InChI=1S/C9H9ClF3NOS/c10-6-1-2-8(7(14)5-6)15-3-4-16-9(11,12)13/h1-2,5H,3-4,14H2. The minimum atomic E-state index is -4.23. The van der Waals surface area contributed by atoms with E-state index in [1.54, 1.807) is 6.07 Å². The van der Waals surface area contributed by atoms with Crippen LogP contribution in [0.3, 0.4) is 0 Å². The zero-order valence-electron chi connectivity index (χ0n) is 8.05. The summed E-state index contributed by atoms with van der Waals surface area (Å²) in [5, 5.41) is 0.453. The summed E-state index contributed by atoms with van der Waals surface area (Å²) in [5.41, 5.74) is 1.63. The van der Waals surface area contributed by atoms with Crippen molar-refractivity contribution in [1.29, 1.82) is 0 Å². The first kappa shape index (κ1) is 13.3. The monoisotopic (exact) mass is 271 g/mol. The quantitative estimate of drug-likeness (QED) is 0.672. The second-order valence-corrected chi connectivity index (χ2v) is 4.42. The summed E-state index contributed by atoms with van der Waals surface area (Å²) in [6, 6.07) is 4.56. The Bertz CT molecular complexity index is 359. The number of hydrogen-bond acceptors (Lipinski definition) is 3. The maximum absolute atomic E-state index is 11.8. The van der Waals surface area contributed by atoms with Crippen molar-refractivity contribution in [1.82, 2.24) is 0 Å². The van der Waals surface area contributed by atoms with Crippen LogP contribution in [0.15, 0.2) is 18.2 Å². The van der Waals surface area contributed by atoms with E-state index < -0.39 is 5.51 Å². The van der Waals surface area contributed by atoms with E-state index >= 15 is 0 Å². The molecular weight excluding hydrogens is 263 g/mol. The van der Waals surface area contributed by atoms with Gasteiger partial charge in [-0.05, 0) is 30.0 Å². The zero-order chi connectivity index (χ0) is 12.2. The Labute approximate surface area is 99.9 Å². The number of nitrogens with two attached hydrogens (primary N) is 1. The van der Waals surface area contributed by atoms with Crippen molar-refractivity contribution in [3.8, 4) is 5.75 Å². The van der Waals surface area contributed by atoms with Gasteiger partial charge in [-0.3, -0.25) is 0 Å². The first-order valence-corrected chi connectivity index (χ1v) is 5.63. The average Bonchev–Trinajstić information content (AvgIpc) is 2.13. The van der Waals surface area contributed by atoms with Gasteiger partial charge in [0, 0.05) is 10.8 Å². The van der Waals surface area contributed by atoms with Crippen LogP contribution in [0.2, 0.25) is 5.02 Å². The van der Waals surface area contributed by atoms with E-state index in [1.165, 1.54) is 12.1 Å². The summed E-state index contributed by atoms with van der Waals surface area (Å²) in [5.74, 6) is 0.165. The average molecular weight is 272 g/mol. The summed E-state index contributed by atoms with van der Waals surface area (Å²) in [4.78, 5) is 0. The van der Waals surface area contributed by atoms with Crippen LogP contribution in [0.1, 0.15) is 0 Å². The highest BCUT2D eigenvalue weighted by Crippen LogP contribution is 2.30. The summed E-state index contributed by atoms with van der Waals surface area (Å²) in [7, 11) is 0. The minimum absolute atomic E-state index is 0.0595. The van der Waals surface area contributed by atoms with Gasteiger partial charge in [0.2, 0.25) is 0 Å². The van der Waals surface area contributed by atoms with Gasteiger partial charge in [0.15, 0.2) is 0 Å². The van der Waals surface area contributed by atoms with E-state index in [4.69, 9.17) is 22.1 Å². The Kier molecular flexibility index (Phi) is 4.61. The highest BCUT2D eigenvalue weighted by molar-refractivity contribution is 8.00. The smallest absolute Gasteiger partial charge is 0.441 e. The van der Waals surface area contributed by atoms with Gasteiger partial charge in [-0.2, -0.15) is 13.2 Å². The zero-order valence-corrected chi connectivity index (χ0v) is 9.62. The number of alkyl halides is 3.